The average molecular weight is 267 g/mol. The predicted octanol–water partition coefficient (Wildman–Crippen LogP) is 2.05. The highest BCUT2D eigenvalue weighted by Crippen LogP contribution is 2.23. The summed E-state index contributed by atoms with van der Waals surface area (Å²) in [5, 5.41) is 12.1. The third kappa shape index (κ3) is 4.44. The van der Waals surface area contributed by atoms with Crippen LogP contribution in [0.15, 0.2) is 18.2 Å². The number of carboxylic acids is 1. The predicted molar refractivity (Wildman–Crippen MR) is 72.7 cm³/mol. The zero-order valence-electron chi connectivity index (χ0n) is 11.6. The van der Waals surface area contributed by atoms with Crippen LogP contribution in [0.4, 0.5) is 0 Å². The standard InChI is InChI=1S/C14H21NO4/c1-4-5-12(14(16)17)15-9-10-8-11(18-2)6-7-13(10)19-3/h6-8,12,15H,4-5,9H2,1-3H3,(H,16,17). The average Bonchev–Trinajstić information content (AvgIpc) is 2.42. The van der Waals surface area contributed by atoms with Gasteiger partial charge in [0.2, 0.25) is 0 Å². The molecule has 0 saturated carbocycles. The van der Waals surface area contributed by atoms with Gasteiger partial charge in [-0.2, -0.15) is 0 Å². The molecular weight excluding hydrogens is 246 g/mol. The van der Waals surface area contributed by atoms with Crippen molar-refractivity contribution in [2.75, 3.05) is 14.2 Å². The number of hydrogen-bond donors (Lipinski definition) is 2. The smallest absolute Gasteiger partial charge is 0.320 e. The summed E-state index contributed by atoms with van der Waals surface area (Å²) in [6.07, 6.45) is 1.42. The van der Waals surface area contributed by atoms with Gasteiger partial charge in [0.05, 0.1) is 14.2 Å². The number of methoxy groups -OCH3 is 2. The van der Waals surface area contributed by atoms with Crippen LogP contribution in [-0.2, 0) is 11.3 Å². The van der Waals surface area contributed by atoms with Crippen molar-refractivity contribution in [1.29, 1.82) is 0 Å². The third-order valence-electron chi connectivity index (χ3n) is 2.90. The highest BCUT2D eigenvalue weighted by Gasteiger charge is 2.16. The topological polar surface area (TPSA) is 67.8 Å². The van der Waals surface area contributed by atoms with Crippen molar-refractivity contribution in [2.24, 2.45) is 0 Å². The molecule has 1 aromatic rings. The molecule has 0 fully saturated rings. The Morgan fingerprint density at radius 3 is 2.63 bits per heavy atom. The van der Waals surface area contributed by atoms with Crippen LogP contribution in [-0.4, -0.2) is 31.3 Å². The molecule has 0 bridgehead atoms. The zero-order valence-corrected chi connectivity index (χ0v) is 11.6. The first-order valence-electron chi connectivity index (χ1n) is 6.29. The van der Waals surface area contributed by atoms with Gasteiger partial charge < -0.3 is 19.9 Å². The van der Waals surface area contributed by atoms with Crippen LogP contribution in [0.2, 0.25) is 0 Å². The van der Waals surface area contributed by atoms with Crippen molar-refractivity contribution in [1.82, 2.24) is 5.32 Å². The molecule has 5 nitrogen and oxygen atoms in total. The first kappa shape index (κ1) is 15.3. The van der Waals surface area contributed by atoms with E-state index in [2.05, 4.69) is 5.32 Å². The summed E-state index contributed by atoms with van der Waals surface area (Å²) in [6.45, 7) is 2.39. The summed E-state index contributed by atoms with van der Waals surface area (Å²) < 4.78 is 10.4. The van der Waals surface area contributed by atoms with Crippen molar-refractivity contribution in [3.8, 4) is 11.5 Å². The molecule has 1 rings (SSSR count). The Bertz CT molecular complexity index is 420. The van der Waals surface area contributed by atoms with Crippen molar-refractivity contribution in [3.63, 3.8) is 0 Å². The highest BCUT2D eigenvalue weighted by molar-refractivity contribution is 5.73. The fraction of sp³-hybridized carbons (Fsp3) is 0.500. The van der Waals surface area contributed by atoms with Gasteiger partial charge in [-0.25, -0.2) is 0 Å². The van der Waals surface area contributed by atoms with Crippen LogP contribution in [0, 0.1) is 0 Å². The van der Waals surface area contributed by atoms with Crippen LogP contribution < -0.4 is 14.8 Å². The molecule has 2 N–H and O–H groups in total. The Balaban J connectivity index is 2.76. The van der Waals surface area contributed by atoms with Crippen LogP contribution >= 0.6 is 0 Å². The quantitative estimate of drug-likeness (QED) is 0.754. The summed E-state index contributed by atoms with van der Waals surface area (Å²) in [5.41, 5.74) is 0.879. The van der Waals surface area contributed by atoms with Gasteiger partial charge in [-0.1, -0.05) is 13.3 Å². The molecule has 1 aromatic carbocycles. The third-order valence-corrected chi connectivity index (χ3v) is 2.90. The lowest BCUT2D eigenvalue weighted by Crippen LogP contribution is -2.36. The molecule has 0 saturated heterocycles. The van der Waals surface area contributed by atoms with E-state index in [0.29, 0.717) is 18.7 Å². The Hall–Kier alpha value is -1.75. The van der Waals surface area contributed by atoms with Gasteiger partial charge in [-0.15, -0.1) is 0 Å². The summed E-state index contributed by atoms with van der Waals surface area (Å²) >= 11 is 0. The number of nitrogens with one attached hydrogen (secondary N) is 1. The van der Waals surface area contributed by atoms with Crippen LogP contribution in [0.1, 0.15) is 25.3 Å². The van der Waals surface area contributed by atoms with Gasteiger partial charge in [-0.05, 0) is 24.6 Å². The molecule has 0 amide bonds. The minimum atomic E-state index is -0.830. The van der Waals surface area contributed by atoms with E-state index in [-0.39, 0.29) is 0 Å². The van der Waals surface area contributed by atoms with Gasteiger partial charge in [-0.3, -0.25) is 4.79 Å². The minimum absolute atomic E-state index is 0.428. The molecule has 5 heteroatoms. The van der Waals surface area contributed by atoms with Crippen LogP contribution in [0.25, 0.3) is 0 Å². The molecule has 106 valence electrons. The maximum Gasteiger partial charge on any atom is 0.320 e. The molecule has 1 atom stereocenters. The molecule has 0 aromatic heterocycles. The number of carboxylic acid groups (broad SMARTS) is 1. The molecule has 0 aliphatic carbocycles. The Morgan fingerprint density at radius 1 is 1.37 bits per heavy atom. The van der Waals surface area contributed by atoms with Crippen molar-refractivity contribution >= 4 is 5.97 Å². The van der Waals surface area contributed by atoms with E-state index in [0.717, 1.165) is 17.7 Å². The fourth-order valence-electron chi connectivity index (χ4n) is 1.85. The van der Waals surface area contributed by atoms with Gasteiger partial charge in [0, 0.05) is 12.1 Å². The lowest BCUT2D eigenvalue weighted by molar-refractivity contribution is -0.139. The van der Waals surface area contributed by atoms with E-state index >= 15 is 0 Å². The zero-order chi connectivity index (χ0) is 14.3. The Morgan fingerprint density at radius 2 is 2.11 bits per heavy atom. The van der Waals surface area contributed by atoms with Crippen LogP contribution in [0.3, 0.4) is 0 Å². The molecule has 1 unspecified atom stereocenters. The number of ether oxygens (including phenoxy) is 2. The first-order chi connectivity index (χ1) is 9.12. The number of benzene rings is 1. The highest BCUT2D eigenvalue weighted by atomic mass is 16.5. The van der Waals surface area contributed by atoms with E-state index in [4.69, 9.17) is 14.6 Å². The van der Waals surface area contributed by atoms with E-state index in [1.807, 2.05) is 25.1 Å². The molecule has 0 radical (unpaired) electrons. The maximum atomic E-state index is 11.1. The Labute approximate surface area is 113 Å². The maximum absolute atomic E-state index is 11.1. The number of rotatable bonds is 8. The summed E-state index contributed by atoms with van der Waals surface area (Å²) in [7, 11) is 3.18. The number of carbonyl (C=O) groups is 1. The lowest BCUT2D eigenvalue weighted by Gasteiger charge is -2.15. The minimum Gasteiger partial charge on any atom is -0.497 e. The molecule has 19 heavy (non-hydrogen) atoms. The monoisotopic (exact) mass is 267 g/mol. The number of aliphatic carboxylic acids is 1. The summed E-state index contributed by atoms with van der Waals surface area (Å²) in [5.74, 6) is 0.609. The second-order valence-corrected chi connectivity index (χ2v) is 4.24. The van der Waals surface area contributed by atoms with Crippen LogP contribution in [0.5, 0.6) is 11.5 Å². The molecule has 0 spiro atoms. The van der Waals surface area contributed by atoms with Crippen molar-refractivity contribution in [2.45, 2.75) is 32.4 Å². The fourth-order valence-corrected chi connectivity index (χ4v) is 1.85. The van der Waals surface area contributed by atoms with Crippen molar-refractivity contribution < 1.29 is 19.4 Å². The normalized spacial score (nSPS) is 11.9. The largest absolute Gasteiger partial charge is 0.497 e. The second kappa shape index (κ2) is 7.63. The van der Waals surface area contributed by atoms with Gasteiger partial charge >= 0.3 is 5.97 Å². The van der Waals surface area contributed by atoms with E-state index < -0.39 is 12.0 Å². The second-order valence-electron chi connectivity index (χ2n) is 4.24. The molecule has 0 heterocycles. The lowest BCUT2D eigenvalue weighted by atomic mass is 10.1. The molecular formula is C14H21NO4. The van der Waals surface area contributed by atoms with Gasteiger partial charge in [0.25, 0.3) is 0 Å². The van der Waals surface area contributed by atoms with Crippen molar-refractivity contribution in [3.05, 3.63) is 23.8 Å². The van der Waals surface area contributed by atoms with Gasteiger partial charge in [0.1, 0.15) is 17.5 Å². The van der Waals surface area contributed by atoms with E-state index in [1.54, 1.807) is 14.2 Å². The number of hydrogen-bond acceptors (Lipinski definition) is 4. The SMILES string of the molecule is CCCC(NCc1cc(OC)ccc1OC)C(=O)O. The molecule has 0 aliphatic rings. The van der Waals surface area contributed by atoms with Gasteiger partial charge in [0.15, 0.2) is 0 Å². The summed E-state index contributed by atoms with van der Waals surface area (Å²) in [6, 6.07) is 4.92. The van der Waals surface area contributed by atoms with E-state index in [1.165, 1.54) is 0 Å². The van der Waals surface area contributed by atoms with E-state index in [9.17, 15) is 4.79 Å². The Kier molecular flexibility index (Phi) is 6.15. The first-order valence-corrected chi connectivity index (χ1v) is 6.29. The molecule has 0 aliphatic heterocycles. The summed E-state index contributed by atoms with van der Waals surface area (Å²) in [4.78, 5) is 11.1.